The zero-order valence-electron chi connectivity index (χ0n) is 13.0. The second kappa shape index (κ2) is 8.33. The average Bonchev–Trinajstić information content (AvgIpc) is 2.52. The number of nitrogens with zero attached hydrogens (tertiary/aromatic N) is 3. The molecule has 126 valence electrons. The molecule has 0 radical (unpaired) electrons. The van der Waals surface area contributed by atoms with Crippen LogP contribution in [0.25, 0.3) is 0 Å². The van der Waals surface area contributed by atoms with Gasteiger partial charge in [0.2, 0.25) is 5.91 Å². The molecule has 2 rings (SSSR count). The fraction of sp³-hybridized carbons (Fsp3) is 0.786. The molecule has 2 saturated heterocycles. The van der Waals surface area contributed by atoms with Crippen molar-refractivity contribution in [3.8, 4) is 0 Å². The molecular weight excluding hydrogens is 308 g/mol. The van der Waals surface area contributed by atoms with Gasteiger partial charge >= 0.3 is 11.8 Å². The fourth-order valence-corrected chi connectivity index (χ4v) is 3.00. The zero-order chi connectivity index (χ0) is 15.4. The van der Waals surface area contributed by atoms with Gasteiger partial charge in [0, 0.05) is 38.8 Å². The lowest BCUT2D eigenvalue weighted by Crippen LogP contribution is -2.58. The first-order chi connectivity index (χ1) is 10.1. The van der Waals surface area contributed by atoms with Gasteiger partial charge in [-0.3, -0.25) is 14.4 Å². The van der Waals surface area contributed by atoms with Crippen molar-refractivity contribution in [2.45, 2.75) is 32.2 Å². The van der Waals surface area contributed by atoms with Gasteiger partial charge in [-0.05, 0) is 26.2 Å². The molecule has 0 aliphatic carbocycles. The molecule has 1 atom stereocenters. The monoisotopic (exact) mass is 332 g/mol. The van der Waals surface area contributed by atoms with Gasteiger partial charge in [-0.25, -0.2) is 0 Å². The summed E-state index contributed by atoms with van der Waals surface area (Å²) >= 11 is 0. The molecule has 0 saturated carbocycles. The molecule has 2 aliphatic rings. The largest absolute Gasteiger partial charge is 0.337 e. The predicted molar refractivity (Wildman–Crippen MR) is 84.5 cm³/mol. The van der Waals surface area contributed by atoms with Crippen LogP contribution in [0.1, 0.15) is 26.2 Å². The van der Waals surface area contributed by atoms with Crippen molar-refractivity contribution in [2.24, 2.45) is 5.73 Å². The van der Waals surface area contributed by atoms with E-state index in [9.17, 15) is 14.4 Å². The Bertz CT molecular complexity index is 432. The van der Waals surface area contributed by atoms with E-state index in [-0.39, 0.29) is 30.9 Å². The van der Waals surface area contributed by atoms with Crippen LogP contribution in [0.3, 0.4) is 0 Å². The lowest BCUT2D eigenvalue weighted by Gasteiger charge is -2.38. The Labute approximate surface area is 137 Å². The Kier molecular flexibility index (Phi) is 7.09. The van der Waals surface area contributed by atoms with Crippen molar-refractivity contribution in [2.75, 3.05) is 39.3 Å². The molecule has 8 heteroatoms. The van der Waals surface area contributed by atoms with Crippen molar-refractivity contribution in [3.05, 3.63) is 0 Å². The number of nitrogens with two attached hydrogens (primary N) is 1. The Morgan fingerprint density at radius 1 is 1.14 bits per heavy atom. The molecule has 2 heterocycles. The first kappa shape index (κ1) is 18.7. The summed E-state index contributed by atoms with van der Waals surface area (Å²) < 4.78 is 0. The summed E-state index contributed by atoms with van der Waals surface area (Å²) in [6, 6.07) is 0.0639. The van der Waals surface area contributed by atoms with Crippen LogP contribution in [0.5, 0.6) is 0 Å². The van der Waals surface area contributed by atoms with Gasteiger partial charge in [0.05, 0.1) is 0 Å². The van der Waals surface area contributed by atoms with Crippen molar-refractivity contribution in [3.63, 3.8) is 0 Å². The molecule has 22 heavy (non-hydrogen) atoms. The summed E-state index contributed by atoms with van der Waals surface area (Å²) in [5, 5.41) is 0. The van der Waals surface area contributed by atoms with E-state index in [2.05, 4.69) is 0 Å². The molecule has 1 unspecified atom stereocenters. The van der Waals surface area contributed by atoms with Crippen LogP contribution in [0.4, 0.5) is 0 Å². The minimum Gasteiger partial charge on any atom is -0.337 e. The van der Waals surface area contributed by atoms with Crippen molar-refractivity contribution in [1.82, 2.24) is 14.7 Å². The van der Waals surface area contributed by atoms with E-state index >= 15 is 0 Å². The van der Waals surface area contributed by atoms with Crippen LogP contribution < -0.4 is 5.73 Å². The topological polar surface area (TPSA) is 86.9 Å². The van der Waals surface area contributed by atoms with E-state index in [1.807, 2.05) is 6.92 Å². The number of piperazine rings is 1. The van der Waals surface area contributed by atoms with E-state index in [1.165, 1.54) is 9.80 Å². The summed E-state index contributed by atoms with van der Waals surface area (Å²) in [7, 11) is 0. The maximum absolute atomic E-state index is 12.4. The van der Waals surface area contributed by atoms with Gasteiger partial charge in [-0.2, -0.15) is 0 Å². The quantitative estimate of drug-likeness (QED) is 0.699. The number of piperidine rings is 1. The van der Waals surface area contributed by atoms with Crippen molar-refractivity contribution in [1.29, 1.82) is 0 Å². The third-order valence-corrected chi connectivity index (χ3v) is 4.32. The molecule has 0 bridgehead atoms. The Morgan fingerprint density at radius 2 is 1.77 bits per heavy atom. The van der Waals surface area contributed by atoms with Crippen molar-refractivity contribution >= 4 is 30.1 Å². The summed E-state index contributed by atoms with van der Waals surface area (Å²) in [5.74, 6) is -1.18. The molecule has 2 fully saturated rings. The first-order valence-corrected chi connectivity index (χ1v) is 7.66. The molecule has 7 nitrogen and oxygen atoms in total. The second-order valence-corrected chi connectivity index (χ2v) is 5.58. The number of halogens is 1. The Hall–Kier alpha value is -1.34. The number of rotatable bonds is 4. The molecule has 0 aromatic rings. The van der Waals surface area contributed by atoms with Crippen LogP contribution >= 0.6 is 12.4 Å². The third kappa shape index (κ3) is 3.89. The van der Waals surface area contributed by atoms with Gasteiger partial charge in [0.1, 0.15) is 6.54 Å². The number of carbonyl (C=O) groups is 3. The summed E-state index contributed by atoms with van der Waals surface area (Å²) in [6.45, 7) is 4.40. The molecule has 0 aromatic heterocycles. The number of likely N-dealkylation sites (N-methyl/N-ethyl adjacent to an activating group) is 1. The van der Waals surface area contributed by atoms with E-state index in [0.717, 1.165) is 19.3 Å². The second-order valence-electron chi connectivity index (χ2n) is 5.58. The van der Waals surface area contributed by atoms with Gasteiger partial charge in [0.25, 0.3) is 0 Å². The summed E-state index contributed by atoms with van der Waals surface area (Å²) in [5.41, 5.74) is 5.71. The van der Waals surface area contributed by atoms with Gasteiger partial charge in [-0.1, -0.05) is 0 Å². The summed E-state index contributed by atoms with van der Waals surface area (Å²) in [4.78, 5) is 40.9. The predicted octanol–water partition coefficient (Wildman–Crippen LogP) is -0.561. The first-order valence-electron chi connectivity index (χ1n) is 7.66. The number of hydrogen-bond acceptors (Lipinski definition) is 4. The SMILES string of the molecule is CCN1CCN(CC(=O)N2CCCCC2CN)C(=O)C1=O.Cl. The van der Waals surface area contributed by atoms with Gasteiger partial charge in [-0.15, -0.1) is 12.4 Å². The van der Waals surface area contributed by atoms with E-state index in [1.54, 1.807) is 4.90 Å². The normalized spacial score (nSPS) is 22.6. The van der Waals surface area contributed by atoms with E-state index < -0.39 is 11.8 Å². The van der Waals surface area contributed by atoms with Crippen LogP contribution in [0.15, 0.2) is 0 Å². The highest BCUT2D eigenvalue weighted by Gasteiger charge is 2.34. The maximum Gasteiger partial charge on any atom is 0.312 e. The molecule has 2 N–H and O–H groups in total. The number of hydrogen-bond donors (Lipinski definition) is 1. The lowest BCUT2D eigenvalue weighted by molar-refractivity contribution is -0.158. The molecule has 2 aliphatic heterocycles. The van der Waals surface area contributed by atoms with Gasteiger partial charge in [0.15, 0.2) is 0 Å². The van der Waals surface area contributed by atoms with E-state index in [4.69, 9.17) is 5.73 Å². The highest BCUT2D eigenvalue weighted by atomic mass is 35.5. The summed E-state index contributed by atoms with van der Waals surface area (Å²) in [6.07, 6.45) is 2.97. The van der Waals surface area contributed by atoms with Crippen LogP contribution in [0, 0.1) is 0 Å². The Balaban J connectivity index is 0.00000242. The standard InChI is InChI=1S/C14H24N4O3.ClH/c1-2-16-7-8-17(14(21)13(16)20)10-12(19)18-6-4-3-5-11(18)9-15;/h11H,2-10,15H2,1H3;1H. The number of carbonyl (C=O) groups excluding carboxylic acids is 3. The third-order valence-electron chi connectivity index (χ3n) is 4.32. The molecule has 0 spiro atoms. The number of likely N-dealkylation sites (tertiary alicyclic amines) is 1. The molecule has 0 aromatic carbocycles. The highest BCUT2D eigenvalue weighted by molar-refractivity contribution is 6.35. The fourth-order valence-electron chi connectivity index (χ4n) is 3.00. The highest BCUT2D eigenvalue weighted by Crippen LogP contribution is 2.17. The maximum atomic E-state index is 12.4. The van der Waals surface area contributed by atoms with Crippen LogP contribution in [-0.4, -0.2) is 77.7 Å². The van der Waals surface area contributed by atoms with Gasteiger partial charge < -0.3 is 20.4 Å². The zero-order valence-corrected chi connectivity index (χ0v) is 13.8. The molecular formula is C14H25ClN4O3. The van der Waals surface area contributed by atoms with E-state index in [0.29, 0.717) is 32.7 Å². The Morgan fingerprint density at radius 3 is 2.41 bits per heavy atom. The minimum absolute atomic E-state index is 0. The molecule has 3 amide bonds. The minimum atomic E-state index is -0.572. The van der Waals surface area contributed by atoms with Crippen LogP contribution in [-0.2, 0) is 14.4 Å². The lowest BCUT2D eigenvalue weighted by atomic mass is 10.0. The van der Waals surface area contributed by atoms with Crippen molar-refractivity contribution < 1.29 is 14.4 Å². The number of amides is 3. The smallest absolute Gasteiger partial charge is 0.312 e. The average molecular weight is 333 g/mol. The van der Waals surface area contributed by atoms with Crippen LogP contribution in [0.2, 0.25) is 0 Å².